The van der Waals surface area contributed by atoms with Crippen molar-refractivity contribution in [2.45, 2.75) is 37.8 Å². The molecule has 0 heterocycles. The van der Waals surface area contributed by atoms with Gasteiger partial charge in [-0.1, -0.05) is 42.5 Å². The van der Waals surface area contributed by atoms with Gasteiger partial charge in [0.2, 0.25) is 12.3 Å². The van der Waals surface area contributed by atoms with Gasteiger partial charge in [0, 0.05) is 12.3 Å². The Bertz CT molecular complexity index is 811. The van der Waals surface area contributed by atoms with Gasteiger partial charge >= 0.3 is 5.97 Å². The molecule has 0 radical (unpaired) electrons. The largest absolute Gasteiger partial charge is 0.489 e. The van der Waals surface area contributed by atoms with Crippen molar-refractivity contribution < 1.29 is 28.2 Å². The van der Waals surface area contributed by atoms with E-state index in [0.29, 0.717) is 18.8 Å². The van der Waals surface area contributed by atoms with Gasteiger partial charge in [-0.15, -0.1) is 0 Å². The number of halogens is 2. The van der Waals surface area contributed by atoms with Gasteiger partial charge in [-0.3, -0.25) is 4.79 Å². The standard InChI is InChI=1S/C21H21F2NO4/c22-19(23)11-18(21(26)27)24-20(25)17-10-16(17)14-6-8-15(9-7-14)28-12-13-4-2-1-3-5-13/h1-9,16-19H,10-12H2,(H,24,25)(H,26,27). The van der Waals surface area contributed by atoms with E-state index < -0.39 is 36.7 Å². The Morgan fingerprint density at radius 2 is 1.79 bits per heavy atom. The summed E-state index contributed by atoms with van der Waals surface area (Å²) in [6, 6.07) is 15.6. The third-order valence-corrected chi connectivity index (χ3v) is 4.71. The molecule has 1 saturated carbocycles. The molecule has 28 heavy (non-hydrogen) atoms. The molecule has 5 nitrogen and oxygen atoms in total. The van der Waals surface area contributed by atoms with E-state index in [0.717, 1.165) is 11.1 Å². The Balaban J connectivity index is 1.51. The minimum atomic E-state index is -2.79. The number of ether oxygens (including phenoxy) is 1. The van der Waals surface area contributed by atoms with Crippen LogP contribution in [0.15, 0.2) is 54.6 Å². The molecule has 0 bridgehead atoms. The van der Waals surface area contributed by atoms with Crippen molar-refractivity contribution in [2.75, 3.05) is 0 Å². The third kappa shape index (κ3) is 5.28. The maximum Gasteiger partial charge on any atom is 0.326 e. The smallest absolute Gasteiger partial charge is 0.326 e. The molecule has 1 aliphatic rings. The van der Waals surface area contributed by atoms with E-state index in [-0.39, 0.29) is 5.92 Å². The van der Waals surface area contributed by atoms with Crippen LogP contribution < -0.4 is 10.1 Å². The molecule has 2 aromatic rings. The van der Waals surface area contributed by atoms with Crippen LogP contribution in [0.3, 0.4) is 0 Å². The Hall–Kier alpha value is -2.96. The topological polar surface area (TPSA) is 75.6 Å². The molecule has 1 fully saturated rings. The fourth-order valence-corrected chi connectivity index (χ4v) is 3.08. The van der Waals surface area contributed by atoms with E-state index in [4.69, 9.17) is 9.84 Å². The second kappa shape index (κ2) is 8.82. The first-order valence-corrected chi connectivity index (χ1v) is 9.02. The first-order chi connectivity index (χ1) is 13.4. The second-order valence-corrected chi connectivity index (χ2v) is 6.82. The highest BCUT2D eigenvalue weighted by Gasteiger charge is 2.45. The second-order valence-electron chi connectivity index (χ2n) is 6.82. The summed E-state index contributed by atoms with van der Waals surface area (Å²) >= 11 is 0. The van der Waals surface area contributed by atoms with Crippen molar-refractivity contribution in [1.82, 2.24) is 5.32 Å². The summed E-state index contributed by atoms with van der Waals surface area (Å²) in [6.45, 7) is 0.454. The van der Waals surface area contributed by atoms with Crippen molar-refractivity contribution in [1.29, 1.82) is 0 Å². The zero-order valence-corrected chi connectivity index (χ0v) is 15.1. The lowest BCUT2D eigenvalue weighted by Crippen LogP contribution is -2.42. The number of carboxylic acids is 1. The minimum Gasteiger partial charge on any atom is -0.489 e. The van der Waals surface area contributed by atoms with Gasteiger partial charge in [-0.2, -0.15) is 0 Å². The fraction of sp³-hybridized carbons (Fsp3) is 0.333. The number of nitrogens with one attached hydrogen (secondary N) is 1. The molecular weight excluding hydrogens is 368 g/mol. The number of carbonyl (C=O) groups excluding carboxylic acids is 1. The van der Waals surface area contributed by atoms with Crippen LogP contribution in [0.2, 0.25) is 0 Å². The molecule has 2 N–H and O–H groups in total. The first-order valence-electron chi connectivity index (χ1n) is 9.02. The maximum absolute atomic E-state index is 12.4. The van der Waals surface area contributed by atoms with Gasteiger partial charge in [0.15, 0.2) is 0 Å². The predicted molar refractivity (Wildman–Crippen MR) is 98.3 cm³/mol. The van der Waals surface area contributed by atoms with Crippen LogP contribution in [-0.2, 0) is 16.2 Å². The number of rotatable bonds is 9. The molecule has 2 aromatic carbocycles. The predicted octanol–water partition coefficient (Wildman–Crippen LogP) is 3.59. The Morgan fingerprint density at radius 1 is 1.11 bits per heavy atom. The average molecular weight is 389 g/mol. The first kappa shape index (κ1) is 19.8. The van der Waals surface area contributed by atoms with Gasteiger partial charge in [0.25, 0.3) is 0 Å². The Labute approximate surface area is 161 Å². The summed E-state index contributed by atoms with van der Waals surface area (Å²) in [6.07, 6.45) is -3.12. The van der Waals surface area contributed by atoms with Gasteiger partial charge in [0.1, 0.15) is 18.4 Å². The summed E-state index contributed by atoms with van der Waals surface area (Å²) in [5, 5.41) is 11.2. The van der Waals surface area contributed by atoms with E-state index in [9.17, 15) is 18.4 Å². The number of hydrogen-bond donors (Lipinski definition) is 2. The number of carbonyl (C=O) groups is 2. The number of aliphatic carboxylic acids is 1. The molecule has 0 aliphatic heterocycles. The number of amides is 1. The quantitative estimate of drug-likeness (QED) is 0.687. The number of benzene rings is 2. The molecule has 1 amide bonds. The molecule has 0 saturated heterocycles. The lowest BCUT2D eigenvalue weighted by Gasteiger charge is -2.14. The number of alkyl halides is 2. The van der Waals surface area contributed by atoms with Crippen molar-refractivity contribution in [3.05, 3.63) is 65.7 Å². The average Bonchev–Trinajstić information content (AvgIpc) is 3.47. The Kier molecular flexibility index (Phi) is 6.23. The summed E-state index contributed by atoms with van der Waals surface area (Å²) in [5.74, 6) is -1.68. The normalized spacial score (nSPS) is 19.1. The maximum atomic E-state index is 12.4. The van der Waals surface area contributed by atoms with E-state index in [1.165, 1.54) is 0 Å². The zero-order valence-electron chi connectivity index (χ0n) is 15.1. The van der Waals surface area contributed by atoms with Gasteiger partial charge in [-0.25, -0.2) is 13.6 Å². The third-order valence-electron chi connectivity index (χ3n) is 4.71. The Morgan fingerprint density at radius 3 is 2.39 bits per heavy atom. The molecular formula is C21H21F2NO4. The molecule has 148 valence electrons. The van der Waals surface area contributed by atoms with E-state index in [1.807, 2.05) is 54.6 Å². The van der Waals surface area contributed by atoms with Crippen molar-refractivity contribution in [3.8, 4) is 5.75 Å². The van der Waals surface area contributed by atoms with Crippen LogP contribution >= 0.6 is 0 Å². The molecule has 7 heteroatoms. The monoisotopic (exact) mass is 389 g/mol. The molecule has 0 spiro atoms. The van der Waals surface area contributed by atoms with Gasteiger partial charge in [-0.05, 0) is 35.6 Å². The van der Waals surface area contributed by atoms with Crippen LogP contribution in [-0.4, -0.2) is 29.5 Å². The van der Waals surface area contributed by atoms with Crippen molar-refractivity contribution in [3.63, 3.8) is 0 Å². The zero-order chi connectivity index (χ0) is 20.1. The lowest BCUT2D eigenvalue weighted by molar-refractivity contribution is -0.143. The minimum absolute atomic E-state index is 0.0378. The molecule has 3 rings (SSSR count). The van der Waals surface area contributed by atoms with Crippen LogP contribution in [0.1, 0.15) is 29.9 Å². The van der Waals surface area contributed by atoms with Crippen molar-refractivity contribution in [2.24, 2.45) is 5.92 Å². The highest BCUT2D eigenvalue weighted by atomic mass is 19.3. The van der Waals surface area contributed by atoms with Crippen LogP contribution in [0, 0.1) is 5.92 Å². The molecule has 3 atom stereocenters. The van der Waals surface area contributed by atoms with E-state index >= 15 is 0 Å². The highest BCUT2D eigenvalue weighted by molar-refractivity contribution is 5.87. The lowest BCUT2D eigenvalue weighted by atomic mass is 10.1. The van der Waals surface area contributed by atoms with Crippen LogP contribution in [0.5, 0.6) is 5.75 Å². The molecule has 1 aliphatic carbocycles. The summed E-state index contributed by atoms with van der Waals surface area (Å²) < 4.78 is 30.6. The number of carboxylic acid groups (broad SMARTS) is 1. The van der Waals surface area contributed by atoms with Crippen molar-refractivity contribution >= 4 is 11.9 Å². The van der Waals surface area contributed by atoms with Crippen LogP contribution in [0.25, 0.3) is 0 Å². The van der Waals surface area contributed by atoms with Gasteiger partial charge < -0.3 is 15.2 Å². The van der Waals surface area contributed by atoms with E-state index in [2.05, 4.69) is 5.32 Å². The van der Waals surface area contributed by atoms with Gasteiger partial charge in [0.05, 0.1) is 0 Å². The summed E-state index contributed by atoms with van der Waals surface area (Å²) in [4.78, 5) is 23.2. The SMILES string of the molecule is O=C(O)C(CC(F)F)NC(=O)C1CC1c1ccc(OCc2ccccc2)cc1. The molecule has 3 unspecified atom stereocenters. The van der Waals surface area contributed by atoms with E-state index in [1.54, 1.807) is 0 Å². The number of hydrogen-bond acceptors (Lipinski definition) is 3. The summed E-state index contributed by atoms with van der Waals surface area (Å²) in [7, 11) is 0. The fourth-order valence-electron chi connectivity index (χ4n) is 3.08. The molecule has 0 aromatic heterocycles. The van der Waals surface area contributed by atoms with Crippen LogP contribution in [0.4, 0.5) is 8.78 Å². The summed E-state index contributed by atoms with van der Waals surface area (Å²) in [5.41, 5.74) is 2.00. The highest BCUT2D eigenvalue weighted by Crippen LogP contribution is 2.47.